The largest absolute Gasteiger partial charge is 0.484 e. The second kappa shape index (κ2) is 5.85. The van der Waals surface area contributed by atoms with Crippen molar-refractivity contribution in [1.82, 2.24) is 5.32 Å². The Morgan fingerprint density at radius 1 is 1.44 bits per heavy atom. The summed E-state index contributed by atoms with van der Waals surface area (Å²) in [6.45, 7) is 3.71. The minimum atomic E-state index is -0.746. The molecule has 5 heteroatoms. The van der Waals surface area contributed by atoms with Gasteiger partial charge in [0.05, 0.1) is 0 Å². The van der Waals surface area contributed by atoms with Gasteiger partial charge in [-0.2, -0.15) is 0 Å². The molecule has 1 N–H and O–H groups in total. The van der Waals surface area contributed by atoms with E-state index in [4.69, 9.17) is 16.3 Å². The molecular formula is C13H16ClF2NO. The van der Waals surface area contributed by atoms with Gasteiger partial charge in [0, 0.05) is 17.5 Å². The van der Waals surface area contributed by atoms with Crippen molar-refractivity contribution in [2.45, 2.75) is 25.9 Å². The van der Waals surface area contributed by atoms with Gasteiger partial charge >= 0.3 is 0 Å². The molecule has 0 radical (unpaired) electrons. The van der Waals surface area contributed by atoms with Crippen molar-refractivity contribution in [2.24, 2.45) is 5.92 Å². The highest BCUT2D eigenvalue weighted by molar-refractivity contribution is 6.30. The van der Waals surface area contributed by atoms with Crippen LogP contribution in [-0.4, -0.2) is 19.2 Å². The predicted molar refractivity (Wildman–Crippen MR) is 67.1 cm³/mol. The first-order valence-electron chi connectivity index (χ1n) is 6.13. The fraction of sp³-hybridized carbons (Fsp3) is 0.538. The lowest BCUT2D eigenvalue weighted by molar-refractivity contribution is 0.126. The SMILES string of the molecule is CC[C@H](Oc1c(F)cc(Cl)cc1F)C1CCNC1. The van der Waals surface area contributed by atoms with Crippen LogP contribution in [0.3, 0.4) is 0 Å². The van der Waals surface area contributed by atoms with Crippen LogP contribution in [0.1, 0.15) is 19.8 Å². The zero-order valence-electron chi connectivity index (χ0n) is 10.2. The van der Waals surface area contributed by atoms with Gasteiger partial charge in [-0.3, -0.25) is 0 Å². The van der Waals surface area contributed by atoms with Crippen LogP contribution in [0, 0.1) is 17.6 Å². The highest BCUT2D eigenvalue weighted by atomic mass is 35.5. The quantitative estimate of drug-likeness (QED) is 0.909. The molecule has 1 aromatic rings. The topological polar surface area (TPSA) is 21.3 Å². The van der Waals surface area contributed by atoms with Crippen LogP contribution in [0.15, 0.2) is 12.1 Å². The number of benzene rings is 1. The Bertz CT molecular complexity index is 398. The van der Waals surface area contributed by atoms with Crippen molar-refractivity contribution in [3.63, 3.8) is 0 Å². The maximum Gasteiger partial charge on any atom is 0.191 e. The standard InChI is InChI=1S/C13H16ClF2NO/c1-2-12(8-3-4-17-7-8)18-13-10(15)5-9(14)6-11(13)16/h5-6,8,12,17H,2-4,7H2,1H3/t8?,12-/m0/s1. The van der Waals surface area contributed by atoms with E-state index >= 15 is 0 Å². The van der Waals surface area contributed by atoms with E-state index in [1.54, 1.807) is 0 Å². The number of hydrogen-bond acceptors (Lipinski definition) is 2. The van der Waals surface area contributed by atoms with E-state index in [0.29, 0.717) is 12.3 Å². The molecule has 0 aliphatic carbocycles. The molecule has 2 rings (SSSR count). The number of ether oxygens (including phenoxy) is 1. The van der Waals surface area contributed by atoms with Crippen molar-refractivity contribution >= 4 is 11.6 Å². The summed E-state index contributed by atoms with van der Waals surface area (Å²) in [5.74, 6) is -1.52. The summed E-state index contributed by atoms with van der Waals surface area (Å²) in [7, 11) is 0. The summed E-state index contributed by atoms with van der Waals surface area (Å²) < 4.78 is 32.8. The van der Waals surface area contributed by atoms with Crippen molar-refractivity contribution < 1.29 is 13.5 Å². The number of rotatable bonds is 4. The highest BCUT2D eigenvalue weighted by Gasteiger charge is 2.27. The van der Waals surface area contributed by atoms with E-state index in [-0.39, 0.29) is 16.9 Å². The number of hydrogen-bond donors (Lipinski definition) is 1. The van der Waals surface area contributed by atoms with Crippen molar-refractivity contribution in [3.8, 4) is 5.75 Å². The van der Waals surface area contributed by atoms with Gasteiger partial charge in [-0.05, 0) is 31.5 Å². The van der Waals surface area contributed by atoms with E-state index in [2.05, 4.69) is 5.32 Å². The first-order chi connectivity index (χ1) is 8.61. The molecule has 1 aromatic carbocycles. The summed E-state index contributed by atoms with van der Waals surface area (Å²) in [5, 5.41) is 3.26. The summed E-state index contributed by atoms with van der Waals surface area (Å²) >= 11 is 5.57. The first-order valence-corrected chi connectivity index (χ1v) is 6.51. The third-order valence-electron chi connectivity index (χ3n) is 3.26. The monoisotopic (exact) mass is 275 g/mol. The minimum absolute atomic E-state index is 0.0351. The molecule has 0 spiro atoms. The second-order valence-electron chi connectivity index (χ2n) is 4.52. The van der Waals surface area contributed by atoms with E-state index in [0.717, 1.165) is 31.6 Å². The number of halogens is 3. The van der Waals surface area contributed by atoms with Gasteiger partial charge in [-0.15, -0.1) is 0 Å². The van der Waals surface area contributed by atoms with Gasteiger partial charge in [0.15, 0.2) is 17.4 Å². The van der Waals surface area contributed by atoms with Crippen LogP contribution in [0.4, 0.5) is 8.78 Å². The molecule has 2 atom stereocenters. The lowest BCUT2D eigenvalue weighted by atomic mass is 9.99. The summed E-state index contributed by atoms with van der Waals surface area (Å²) in [5.41, 5.74) is 0. The Morgan fingerprint density at radius 2 is 2.11 bits per heavy atom. The van der Waals surface area contributed by atoms with Crippen molar-refractivity contribution in [3.05, 3.63) is 28.8 Å². The van der Waals surface area contributed by atoms with E-state index in [1.807, 2.05) is 6.92 Å². The molecule has 100 valence electrons. The summed E-state index contributed by atoms with van der Waals surface area (Å²) in [4.78, 5) is 0. The molecule has 2 nitrogen and oxygen atoms in total. The first kappa shape index (κ1) is 13.6. The third kappa shape index (κ3) is 2.93. The van der Waals surface area contributed by atoms with Crippen LogP contribution in [0.25, 0.3) is 0 Å². The zero-order valence-corrected chi connectivity index (χ0v) is 10.9. The lowest BCUT2D eigenvalue weighted by Crippen LogP contribution is -2.28. The average molecular weight is 276 g/mol. The Hall–Kier alpha value is -0.870. The molecule has 0 saturated carbocycles. The molecule has 1 aliphatic rings. The van der Waals surface area contributed by atoms with Gasteiger partial charge in [-0.1, -0.05) is 18.5 Å². The van der Waals surface area contributed by atoms with Gasteiger partial charge in [0.25, 0.3) is 0 Å². The Kier molecular flexibility index (Phi) is 4.40. The Morgan fingerprint density at radius 3 is 2.61 bits per heavy atom. The third-order valence-corrected chi connectivity index (χ3v) is 3.48. The Labute approximate surface area is 110 Å². The van der Waals surface area contributed by atoms with Gasteiger partial charge in [-0.25, -0.2) is 8.78 Å². The molecule has 1 fully saturated rings. The van der Waals surface area contributed by atoms with Crippen LogP contribution in [-0.2, 0) is 0 Å². The molecular weight excluding hydrogens is 260 g/mol. The van der Waals surface area contributed by atoms with Gasteiger partial charge in [0.2, 0.25) is 0 Å². The van der Waals surface area contributed by atoms with Gasteiger partial charge < -0.3 is 10.1 Å². The maximum atomic E-state index is 13.6. The predicted octanol–water partition coefficient (Wildman–Crippen LogP) is 3.39. The van der Waals surface area contributed by atoms with Crippen LogP contribution < -0.4 is 10.1 Å². The molecule has 18 heavy (non-hydrogen) atoms. The Balaban J connectivity index is 2.16. The van der Waals surface area contributed by atoms with Crippen LogP contribution >= 0.6 is 11.6 Å². The smallest absolute Gasteiger partial charge is 0.191 e. The lowest BCUT2D eigenvalue weighted by Gasteiger charge is -2.23. The van der Waals surface area contributed by atoms with E-state index in [1.165, 1.54) is 0 Å². The molecule has 1 saturated heterocycles. The van der Waals surface area contributed by atoms with E-state index in [9.17, 15) is 8.78 Å². The fourth-order valence-corrected chi connectivity index (χ4v) is 2.49. The van der Waals surface area contributed by atoms with Crippen LogP contribution in [0.5, 0.6) is 5.75 Å². The molecule has 1 heterocycles. The highest BCUT2D eigenvalue weighted by Crippen LogP contribution is 2.29. The second-order valence-corrected chi connectivity index (χ2v) is 4.95. The molecule has 0 amide bonds. The van der Waals surface area contributed by atoms with Crippen molar-refractivity contribution in [2.75, 3.05) is 13.1 Å². The summed E-state index contributed by atoms with van der Waals surface area (Å²) in [6, 6.07) is 2.14. The van der Waals surface area contributed by atoms with E-state index < -0.39 is 11.6 Å². The fourth-order valence-electron chi connectivity index (χ4n) is 2.30. The molecule has 0 aromatic heterocycles. The minimum Gasteiger partial charge on any atom is -0.484 e. The molecule has 1 aliphatic heterocycles. The van der Waals surface area contributed by atoms with Crippen LogP contribution in [0.2, 0.25) is 5.02 Å². The van der Waals surface area contributed by atoms with Crippen molar-refractivity contribution in [1.29, 1.82) is 0 Å². The normalized spacial score (nSPS) is 21.0. The summed E-state index contributed by atoms with van der Waals surface area (Å²) in [6.07, 6.45) is 1.51. The molecule has 1 unspecified atom stereocenters. The van der Waals surface area contributed by atoms with Gasteiger partial charge in [0.1, 0.15) is 6.10 Å². The number of nitrogens with one attached hydrogen (secondary N) is 1. The maximum absolute atomic E-state index is 13.6. The zero-order chi connectivity index (χ0) is 13.1. The average Bonchev–Trinajstić information content (AvgIpc) is 2.81. The molecule has 0 bridgehead atoms.